The molecule has 4 aromatic rings. The SMILES string of the molecule is O=C(COC(=O)c1ccc2c(c1)S(=O)(=O)c1cc(C(=O)OCC(=O)c3ccc(Br)cc3)ccc1-2)c1ccc(Br)cc1. The molecule has 11 heteroatoms. The molecule has 5 rings (SSSR count). The first-order valence-corrected chi connectivity index (χ1v) is 15.1. The third-order valence-corrected chi connectivity index (χ3v) is 9.20. The maximum atomic E-state index is 13.4. The van der Waals surface area contributed by atoms with Crippen LogP contribution in [0.5, 0.6) is 0 Å². The molecule has 0 aliphatic carbocycles. The Hall–Kier alpha value is -3.93. The highest BCUT2D eigenvalue weighted by Crippen LogP contribution is 2.44. The number of ether oxygens (including phenoxy) is 2. The smallest absolute Gasteiger partial charge is 0.338 e. The number of benzene rings is 4. The number of esters is 2. The lowest BCUT2D eigenvalue weighted by Gasteiger charge is -2.06. The Balaban J connectivity index is 1.29. The molecule has 0 saturated heterocycles. The lowest BCUT2D eigenvalue weighted by Crippen LogP contribution is -2.14. The van der Waals surface area contributed by atoms with E-state index < -0.39 is 46.6 Å². The lowest BCUT2D eigenvalue weighted by atomic mass is 10.0. The van der Waals surface area contributed by atoms with E-state index >= 15 is 0 Å². The summed E-state index contributed by atoms with van der Waals surface area (Å²) in [6.45, 7) is -1.03. The molecule has 0 saturated carbocycles. The molecule has 8 nitrogen and oxygen atoms in total. The van der Waals surface area contributed by atoms with E-state index in [4.69, 9.17) is 9.47 Å². The molecular formula is C30H18Br2O8S. The summed E-state index contributed by atoms with van der Waals surface area (Å²) in [4.78, 5) is 49.7. The zero-order valence-electron chi connectivity index (χ0n) is 20.9. The van der Waals surface area contributed by atoms with Crippen LogP contribution in [0.1, 0.15) is 41.4 Å². The second-order valence-electron chi connectivity index (χ2n) is 8.94. The highest BCUT2D eigenvalue weighted by atomic mass is 79.9. The van der Waals surface area contributed by atoms with Crippen molar-refractivity contribution in [2.75, 3.05) is 13.2 Å². The van der Waals surface area contributed by atoms with Gasteiger partial charge in [0.15, 0.2) is 24.8 Å². The number of fused-ring (bicyclic) bond motifs is 3. The van der Waals surface area contributed by atoms with Crippen LogP contribution < -0.4 is 0 Å². The molecule has 206 valence electrons. The van der Waals surface area contributed by atoms with E-state index in [2.05, 4.69) is 31.9 Å². The standard InChI is InChI=1S/C30H18Br2O8S/c31-21-7-1-17(2-8-21)25(33)15-39-29(35)19-5-11-23-24-12-6-20(14-28(24)41(37,38)27(23)13-19)30(36)40-16-26(34)18-3-9-22(32)10-4-18/h1-14H,15-16H2. The summed E-state index contributed by atoms with van der Waals surface area (Å²) < 4.78 is 38.6. The largest absolute Gasteiger partial charge is 0.454 e. The van der Waals surface area contributed by atoms with E-state index in [1.807, 2.05) is 0 Å². The first-order chi connectivity index (χ1) is 19.5. The van der Waals surface area contributed by atoms with E-state index in [1.165, 1.54) is 36.4 Å². The summed E-state index contributed by atoms with van der Waals surface area (Å²) in [5.74, 6) is -2.54. The van der Waals surface area contributed by atoms with Gasteiger partial charge in [0.2, 0.25) is 9.84 Å². The quantitative estimate of drug-likeness (QED) is 0.141. The number of hydrogen-bond acceptors (Lipinski definition) is 8. The van der Waals surface area contributed by atoms with Crippen molar-refractivity contribution in [3.8, 4) is 11.1 Å². The minimum atomic E-state index is -4.09. The Bertz CT molecular complexity index is 1700. The second kappa shape index (κ2) is 11.5. The van der Waals surface area contributed by atoms with Gasteiger partial charge in [-0.2, -0.15) is 0 Å². The van der Waals surface area contributed by atoms with Crippen molar-refractivity contribution in [1.29, 1.82) is 0 Å². The number of halogens is 2. The Morgan fingerprint density at radius 2 is 0.878 bits per heavy atom. The van der Waals surface area contributed by atoms with Crippen LogP contribution in [0.15, 0.2) is 104 Å². The van der Waals surface area contributed by atoms with Gasteiger partial charge in [-0.3, -0.25) is 9.59 Å². The van der Waals surface area contributed by atoms with Crippen molar-refractivity contribution < 1.29 is 37.1 Å². The zero-order chi connectivity index (χ0) is 29.3. The number of Topliss-reactive ketones (excluding diaryl/α,β-unsaturated/α-hetero) is 2. The third-order valence-electron chi connectivity index (χ3n) is 6.30. The van der Waals surface area contributed by atoms with Crippen molar-refractivity contribution in [2.45, 2.75) is 9.79 Å². The summed E-state index contributed by atoms with van der Waals surface area (Å²) in [7, 11) is -4.09. The Morgan fingerprint density at radius 3 is 1.24 bits per heavy atom. The van der Waals surface area contributed by atoms with Gasteiger partial charge in [0, 0.05) is 31.2 Å². The number of sulfone groups is 1. The fourth-order valence-corrected chi connectivity index (χ4v) is 6.44. The van der Waals surface area contributed by atoms with E-state index in [0.717, 1.165) is 8.95 Å². The second-order valence-corrected chi connectivity index (χ2v) is 12.7. The Kier molecular flexibility index (Phi) is 8.03. The highest BCUT2D eigenvalue weighted by Gasteiger charge is 2.34. The van der Waals surface area contributed by atoms with Crippen LogP contribution in [0, 0.1) is 0 Å². The van der Waals surface area contributed by atoms with Crippen LogP contribution in [0.4, 0.5) is 0 Å². The first kappa shape index (κ1) is 28.6. The predicted molar refractivity (Wildman–Crippen MR) is 155 cm³/mol. The van der Waals surface area contributed by atoms with Crippen LogP contribution in [-0.4, -0.2) is 45.1 Å². The van der Waals surface area contributed by atoms with Gasteiger partial charge in [-0.05, 0) is 48.5 Å². The number of carbonyl (C=O) groups excluding carboxylic acids is 4. The van der Waals surface area contributed by atoms with Gasteiger partial charge in [0.05, 0.1) is 20.9 Å². The van der Waals surface area contributed by atoms with E-state index in [9.17, 15) is 27.6 Å². The van der Waals surface area contributed by atoms with Crippen molar-refractivity contribution in [2.24, 2.45) is 0 Å². The maximum Gasteiger partial charge on any atom is 0.338 e. The Morgan fingerprint density at radius 1 is 0.537 bits per heavy atom. The number of rotatable bonds is 8. The van der Waals surface area contributed by atoms with Gasteiger partial charge in [0.1, 0.15) is 0 Å². The number of hydrogen-bond donors (Lipinski definition) is 0. The van der Waals surface area contributed by atoms with E-state index in [0.29, 0.717) is 22.3 Å². The summed E-state index contributed by atoms with van der Waals surface area (Å²) in [5.41, 5.74) is 1.34. The van der Waals surface area contributed by atoms with E-state index in [-0.39, 0.29) is 20.9 Å². The number of ketones is 2. The minimum Gasteiger partial charge on any atom is -0.454 e. The molecule has 0 radical (unpaired) electrons. The maximum absolute atomic E-state index is 13.4. The first-order valence-electron chi connectivity index (χ1n) is 12.0. The molecule has 1 aliphatic rings. The van der Waals surface area contributed by atoms with Gasteiger partial charge in [-0.25, -0.2) is 18.0 Å². The monoisotopic (exact) mass is 696 g/mol. The molecule has 0 amide bonds. The summed E-state index contributed by atoms with van der Waals surface area (Å²) >= 11 is 6.56. The van der Waals surface area contributed by atoms with Gasteiger partial charge in [-0.1, -0.05) is 68.3 Å². The van der Waals surface area contributed by atoms with Gasteiger partial charge >= 0.3 is 11.9 Å². The van der Waals surface area contributed by atoms with Crippen LogP contribution >= 0.6 is 31.9 Å². The normalized spacial score (nSPS) is 12.6. The van der Waals surface area contributed by atoms with Gasteiger partial charge < -0.3 is 9.47 Å². The minimum absolute atomic E-state index is 0.0465. The molecule has 0 atom stereocenters. The Labute approximate surface area is 251 Å². The molecule has 0 bridgehead atoms. The van der Waals surface area contributed by atoms with Crippen LogP contribution in [0.25, 0.3) is 11.1 Å². The summed E-state index contributed by atoms with van der Waals surface area (Å²) in [5, 5.41) is 0. The number of carbonyl (C=O) groups is 4. The summed E-state index contributed by atoms with van der Waals surface area (Å²) in [6.07, 6.45) is 0. The lowest BCUT2D eigenvalue weighted by molar-refractivity contribution is 0.0472. The van der Waals surface area contributed by atoms with Crippen molar-refractivity contribution in [3.05, 3.63) is 116 Å². The van der Waals surface area contributed by atoms with Gasteiger partial charge in [0.25, 0.3) is 0 Å². The van der Waals surface area contributed by atoms with Crippen LogP contribution in [0.3, 0.4) is 0 Å². The molecule has 0 aromatic heterocycles. The molecular weight excluding hydrogens is 680 g/mol. The van der Waals surface area contributed by atoms with Gasteiger partial charge in [-0.15, -0.1) is 0 Å². The third kappa shape index (κ3) is 5.92. The molecule has 0 N–H and O–H groups in total. The average molecular weight is 698 g/mol. The molecule has 41 heavy (non-hydrogen) atoms. The van der Waals surface area contributed by atoms with Crippen molar-refractivity contribution in [1.82, 2.24) is 0 Å². The molecule has 0 fully saturated rings. The summed E-state index contributed by atoms with van der Waals surface area (Å²) in [6, 6.07) is 21.2. The highest BCUT2D eigenvalue weighted by molar-refractivity contribution is 9.10. The molecule has 4 aromatic carbocycles. The van der Waals surface area contributed by atoms with Crippen LogP contribution in [0.2, 0.25) is 0 Å². The fourth-order valence-electron chi connectivity index (χ4n) is 4.17. The van der Waals surface area contributed by atoms with E-state index in [1.54, 1.807) is 48.5 Å². The fraction of sp³-hybridized carbons (Fsp3) is 0.0667. The van der Waals surface area contributed by atoms with Crippen LogP contribution in [-0.2, 0) is 19.3 Å². The molecule has 0 spiro atoms. The topological polar surface area (TPSA) is 121 Å². The molecule has 0 unspecified atom stereocenters. The zero-order valence-corrected chi connectivity index (χ0v) is 24.9. The molecule has 1 heterocycles. The molecule has 1 aliphatic heterocycles. The van der Waals surface area contributed by atoms with Crippen molar-refractivity contribution in [3.63, 3.8) is 0 Å². The predicted octanol–water partition coefficient (Wildman–Crippen LogP) is 6.10. The van der Waals surface area contributed by atoms with Crippen molar-refractivity contribution >= 4 is 65.2 Å². The average Bonchev–Trinajstić information content (AvgIpc) is 3.20.